The Labute approximate surface area is 94.8 Å². The van der Waals surface area contributed by atoms with Crippen molar-refractivity contribution < 1.29 is 0 Å². The van der Waals surface area contributed by atoms with Crippen molar-refractivity contribution in [3.63, 3.8) is 0 Å². The zero-order chi connectivity index (χ0) is 11.4. The number of rotatable bonds is 4. The van der Waals surface area contributed by atoms with Crippen LogP contribution in [-0.2, 0) is 0 Å². The van der Waals surface area contributed by atoms with E-state index >= 15 is 0 Å². The number of nitrogens with zero attached hydrogens (tertiary/aromatic N) is 2. The molecule has 1 heterocycles. The molecule has 0 bridgehead atoms. The van der Waals surface area contributed by atoms with Crippen molar-refractivity contribution in [2.24, 2.45) is 5.92 Å². The van der Waals surface area contributed by atoms with Gasteiger partial charge in [0.25, 0.3) is 0 Å². The van der Waals surface area contributed by atoms with Crippen LogP contribution >= 0.6 is 0 Å². The van der Waals surface area contributed by atoms with E-state index in [1.165, 1.54) is 13.0 Å². The molecule has 0 amide bonds. The summed E-state index contributed by atoms with van der Waals surface area (Å²) in [5.74, 6) is 0.772. The third-order valence-corrected chi connectivity index (χ3v) is 3.58. The van der Waals surface area contributed by atoms with Crippen molar-refractivity contribution in [3.05, 3.63) is 0 Å². The molecule has 1 rings (SSSR count). The van der Waals surface area contributed by atoms with Crippen LogP contribution in [0.2, 0.25) is 0 Å². The molecule has 0 aromatic heterocycles. The number of hydrogen-bond acceptors (Lipinski definition) is 3. The molecule has 3 heteroatoms. The monoisotopic (exact) mass is 213 g/mol. The van der Waals surface area contributed by atoms with Crippen molar-refractivity contribution >= 4 is 0 Å². The first-order chi connectivity index (χ1) is 7.00. The van der Waals surface area contributed by atoms with Crippen LogP contribution in [-0.4, -0.2) is 62.7 Å². The van der Waals surface area contributed by atoms with Gasteiger partial charge in [-0.2, -0.15) is 0 Å². The topological polar surface area (TPSA) is 18.5 Å². The van der Waals surface area contributed by atoms with Crippen LogP contribution in [0.25, 0.3) is 0 Å². The largest absolute Gasteiger partial charge is 0.312 e. The maximum Gasteiger partial charge on any atom is 0.0120 e. The van der Waals surface area contributed by atoms with Crippen LogP contribution < -0.4 is 5.32 Å². The fourth-order valence-corrected chi connectivity index (χ4v) is 2.30. The summed E-state index contributed by atoms with van der Waals surface area (Å²) in [5, 5.41) is 3.69. The zero-order valence-electron chi connectivity index (χ0n) is 11.0. The number of piperidine rings is 1. The Bertz CT molecular complexity index is 182. The lowest BCUT2D eigenvalue weighted by Gasteiger charge is -2.40. The Morgan fingerprint density at radius 3 is 2.60 bits per heavy atom. The van der Waals surface area contributed by atoms with E-state index in [1.54, 1.807) is 0 Å². The average molecular weight is 213 g/mol. The summed E-state index contributed by atoms with van der Waals surface area (Å²) in [5.41, 5.74) is 0. The van der Waals surface area contributed by atoms with E-state index in [9.17, 15) is 0 Å². The number of hydrogen-bond donors (Lipinski definition) is 1. The minimum absolute atomic E-state index is 0.705. The van der Waals surface area contributed by atoms with Crippen molar-refractivity contribution in [2.45, 2.75) is 32.4 Å². The van der Waals surface area contributed by atoms with Gasteiger partial charge in [-0.15, -0.1) is 0 Å². The quantitative estimate of drug-likeness (QED) is 0.747. The van der Waals surface area contributed by atoms with E-state index in [-0.39, 0.29) is 0 Å². The minimum atomic E-state index is 0.705. The number of nitrogens with one attached hydrogen (secondary N) is 1. The predicted molar refractivity (Wildman–Crippen MR) is 66.2 cm³/mol. The first-order valence-corrected chi connectivity index (χ1v) is 6.09. The summed E-state index contributed by atoms with van der Waals surface area (Å²) in [4.78, 5) is 4.70. The highest BCUT2D eigenvalue weighted by atomic mass is 15.2. The summed E-state index contributed by atoms with van der Waals surface area (Å²) >= 11 is 0. The summed E-state index contributed by atoms with van der Waals surface area (Å²) in [6, 6.07) is 1.43. The van der Waals surface area contributed by atoms with Gasteiger partial charge in [0.15, 0.2) is 0 Å². The highest BCUT2D eigenvalue weighted by molar-refractivity contribution is 4.86. The standard InChI is InChI=1S/C12H27N3/c1-10-9-15(5)11(2)8-12(10)13-6-7-14(3)4/h10-13H,6-9H2,1-5H3. The molecular formula is C12H27N3. The van der Waals surface area contributed by atoms with Gasteiger partial charge in [-0.3, -0.25) is 0 Å². The molecule has 3 atom stereocenters. The van der Waals surface area contributed by atoms with Gasteiger partial charge in [-0.05, 0) is 40.4 Å². The van der Waals surface area contributed by atoms with Gasteiger partial charge >= 0.3 is 0 Å². The van der Waals surface area contributed by atoms with Crippen molar-refractivity contribution in [3.8, 4) is 0 Å². The first kappa shape index (κ1) is 12.9. The second kappa shape index (κ2) is 5.83. The van der Waals surface area contributed by atoms with Gasteiger partial charge in [0.05, 0.1) is 0 Å². The van der Waals surface area contributed by atoms with E-state index in [0.29, 0.717) is 6.04 Å². The van der Waals surface area contributed by atoms with Gasteiger partial charge in [-0.1, -0.05) is 6.92 Å². The normalized spacial score (nSPS) is 33.6. The molecule has 0 spiro atoms. The summed E-state index contributed by atoms with van der Waals surface area (Å²) in [7, 11) is 6.49. The fourth-order valence-electron chi connectivity index (χ4n) is 2.30. The number of likely N-dealkylation sites (N-methyl/N-ethyl adjacent to an activating group) is 1. The van der Waals surface area contributed by atoms with E-state index < -0.39 is 0 Å². The van der Waals surface area contributed by atoms with Crippen molar-refractivity contribution in [1.82, 2.24) is 15.1 Å². The highest BCUT2D eigenvalue weighted by Crippen LogP contribution is 2.20. The van der Waals surface area contributed by atoms with Gasteiger partial charge in [0, 0.05) is 31.7 Å². The van der Waals surface area contributed by atoms with Crippen LogP contribution in [0.4, 0.5) is 0 Å². The molecule has 1 fully saturated rings. The molecule has 0 saturated carbocycles. The van der Waals surface area contributed by atoms with Crippen LogP contribution in [0, 0.1) is 5.92 Å². The Balaban J connectivity index is 2.28. The summed E-state index contributed by atoms with van der Waals surface area (Å²) in [6.07, 6.45) is 1.28. The smallest absolute Gasteiger partial charge is 0.0120 e. The van der Waals surface area contributed by atoms with E-state index in [1.807, 2.05) is 0 Å². The Hall–Kier alpha value is -0.120. The zero-order valence-corrected chi connectivity index (χ0v) is 11.0. The first-order valence-electron chi connectivity index (χ1n) is 6.09. The lowest BCUT2D eigenvalue weighted by Crippen LogP contribution is -2.51. The van der Waals surface area contributed by atoms with Crippen LogP contribution in [0.5, 0.6) is 0 Å². The Morgan fingerprint density at radius 1 is 1.33 bits per heavy atom. The second-order valence-corrected chi connectivity index (χ2v) is 5.37. The highest BCUT2D eigenvalue weighted by Gasteiger charge is 2.28. The third-order valence-electron chi connectivity index (χ3n) is 3.58. The molecule has 0 aromatic carbocycles. The van der Waals surface area contributed by atoms with Gasteiger partial charge in [-0.25, -0.2) is 0 Å². The lowest BCUT2D eigenvalue weighted by molar-refractivity contribution is 0.121. The average Bonchev–Trinajstić information content (AvgIpc) is 2.13. The van der Waals surface area contributed by atoms with Crippen LogP contribution in [0.1, 0.15) is 20.3 Å². The molecule has 90 valence electrons. The molecule has 0 radical (unpaired) electrons. The predicted octanol–water partition coefficient (Wildman–Crippen LogP) is 0.866. The van der Waals surface area contributed by atoms with Crippen molar-refractivity contribution in [2.75, 3.05) is 40.8 Å². The second-order valence-electron chi connectivity index (χ2n) is 5.37. The molecule has 3 nitrogen and oxygen atoms in total. The number of likely N-dealkylation sites (tertiary alicyclic amines) is 1. The minimum Gasteiger partial charge on any atom is -0.312 e. The Kier molecular flexibility index (Phi) is 5.03. The summed E-state index contributed by atoms with van der Waals surface area (Å²) in [6.45, 7) is 8.15. The van der Waals surface area contributed by atoms with Gasteiger partial charge < -0.3 is 15.1 Å². The van der Waals surface area contributed by atoms with Crippen molar-refractivity contribution in [1.29, 1.82) is 0 Å². The van der Waals surface area contributed by atoms with Crippen LogP contribution in [0.15, 0.2) is 0 Å². The molecule has 1 saturated heterocycles. The van der Waals surface area contributed by atoms with Gasteiger partial charge in [0.2, 0.25) is 0 Å². The molecule has 3 unspecified atom stereocenters. The molecule has 1 aliphatic heterocycles. The molecule has 0 aromatic rings. The van der Waals surface area contributed by atoms with E-state index in [2.05, 4.69) is 50.1 Å². The molecule has 1 N–H and O–H groups in total. The lowest BCUT2D eigenvalue weighted by atomic mass is 9.90. The van der Waals surface area contributed by atoms with E-state index in [4.69, 9.17) is 0 Å². The maximum absolute atomic E-state index is 3.69. The van der Waals surface area contributed by atoms with Crippen LogP contribution in [0.3, 0.4) is 0 Å². The summed E-state index contributed by atoms with van der Waals surface area (Å²) < 4.78 is 0. The molecule has 1 aliphatic rings. The fraction of sp³-hybridized carbons (Fsp3) is 1.00. The molecule has 0 aliphatic carbocycles. The molecular weight excluding hydrogens is 186 g/mol. The maximum atomic E-state index is 3.69. The molecule has 15 heavy (non-hydrogen) atoms. The SMILES string of the molecule is CC1CN(C)C(C)CC1NCCN(C)C. The van der Waals surface area contributed by atoms with Gasteiger partial charge in [0.1, 0.15) is 0 Å². The third kappa shape index (κ3) is 4.09. The Morgan fingerprint density at radius 2 is 2.00 bits per heavy atom. The van der Waals surface area contributed by atoms with E-state index in [0.717, 1.165) is 25.0 Å².